The van der Waals surface area contributed by atoms with E-state index in [1.807, 2.05) is 43.3 Å². The van der Waals surface area contributed by atoms with Crippen LogP contribution in [0.2, 0.25) is 0 Å². The van der Waals surface area contributed by atoms with Gasteiger partial charge in [0, 0.05) is 24.2 Å². The molecule has 1 fully saturated rings. The quantitative estimate of drug-likeness (QED) is 0.788. The van der Waals surface area contributed by atoms with Crippen LogP contribution < -0.4 is 10.6 Å². The third kappa shape index (κ3) is 2.68. The van der Waals surface area contributed by atoms with Crippen LogP contribution in [-0.4, -0.2) is 23.3 Å². The minimum absolute atomic E-state index is 0.0617. The van der Waals surface area contributed by atoms with E-state index in [0.717, 1.165) is 32.0 Å². The van der Waals surface area contributed by atoms with Crippen molar-refractivity contribution in [3.8, 4) is 10.6 Å². The first-order valence-electron chi connectivity index (χ1n) is 8.10. The van der Waals surface area contributed by atoms with E-state index in [-0.39, 0.29) is 12.3 Å². The Morgan fingerprint density at radius 1 is 1.24 bits per heavy atom. The summed E-state index contributed by atoms with van der Waals surface area (Å²) in [4.78, 5) is 30.2. The highest BCUT2D eigenvalue weighted by molar-refractivity contribution is 7.21. The monoisotopic (exact) mass is 351 g/mol. The molecule has 2 N–H and O–H groups in total. The molecule has 0 bridgehead atoms. The molecule has 25 heavy (non-hydrogen) atoms. The molecule has 2 heterocycles. The second-order valence-corrected chi connectivity index (χ2v) is 7.27. The van der Waals surface area contributed by atoms with E-state index in [0.29, 0.717) is 6.54 Å². The zero-order valence-corrected chi connectivity index (χ0v) is 14.5. The van der Waals surface area contributed by atoms with Crippen molar-refractivity contribution < 1.29 is 9.59 Å². The van der Waals surface area contributed by atoms with Gasteiger partial charge in [-0.3, -0.25) is 9.59 Å². The fraction of sp³-hybridized carbons (Fsp3) is 0.211. The summed E-state index contributed by atoms with van der Waals surface area (Å²) in [5.41, 5.74) is 9.17. The maximum atomic E-state index is 12.3. The van der Waals surface area contributed by atoms with Crippen molar-refractivity contribution >= 4 is 39.1 Å². The fourth-order valence-electron chi connectivity index (χ4n) is 3.27. The Kier molecular flexibility index (Phi) is 3.77. The highest BCUT2D eigenvalue weighted by Crippen LogP contribution is 2.37. The second-order valence-electron chi connectivity index (χ2n) is 6.24. The lowest BCUT2D eigenvalue weighted by atomic mass is 10.1. The highest BCUT2D eigenvalue weighted by atomic mass is 32.1. The summed E-state index contributed by atoms with van der Waals surface area (Å²) in [7, 11) is 0. The van der Waals surface area contributed by atoms with E-state index < -0.39 is 11.8 Å². The first-order valence-corrected chi connectivity index (χ1v) is 8.91. The molecule has 126 valence electrons. The molecule has 0 saturated carbocycles. The molecule has 1 aliphatic heterocycles. The molecule has 6 heteroatoms. The van der Waals surface area contributed by atoms with Crippen LogP contribution in [0.15, 0.2) is 42.5 Å². The Hall–Kier alpha value is -2.73. The minimum Gasteiger partial charge on any atom is -0.369 e. The lowest BCUT2D eigenvalue weighted by Gasteiger charge is -2.20. The Morgan fingerprint density at radius 3 is 2.76 bits per heavy atom. The molecule has 1 aliphatic rings. The number of carbonyl (C=O) groups excluding carboxylic acids is 2. The number of para-hydroxylation sites is 1. The predicted molar refractivity (Wildman–Crippen MR) is 99.4 cm³/mol. The van der Waals surface area contributed by atoms with Gasteiger partial charge >= 0.3 is 0 Å². The summed E-state index contributed by atoms with van der Waals surface area (Å²) in [6.45, 7) is 2.33. The molecule has 0 spiro atoms. The summed E-state index contributed by atoms with van der Waals surface area (Å²) in [5.74, 6) is -0.901. The second kappa shape index (κ2) is 5.97. The average Bonchev–Trinajstić information content (AvgIpc) is 3.18. The third-order valence-corrected chi connectivity index (χ3v) is 5.72. The number of thiazole rings is 1. The summed E-state index contributed by atoms with van der Waals surface area (Å²) in [6, 6.07) is 13.9. The number of nitrogens with two attached hydrogens (primary N) is 1. The smallest absolute Gasteiger partial charge is 0.227 e. The van der Waals surface area contributed by atoms with Crippen molar-refractivity contribution in [2.24, 2.45) is 11.7 Å². The lowest BCUT2D eigenvalue weighted by Crippen LogP contribution is -2.28. The Bertz CT molecular complexity index is 962. The SMILES string of the molecule is Cc1c(-c2nc3ccccc3s2)cccc1N1CC(C(N)=O)CC1=O. The van der Waals surface area contributed by atoms with Gasteiger partial charge in [0.1, 0.15) is 5.01 Å². The van der Waals surface area contributed by atoms with Gasteiger partial charge in [-0.15, -0.1) is 11.3 Å². The lowest BCUT2D eigenvalue weighted by molar-refractivity contribution is -0.123. The van der Waals surface area contributed by atoms with E-state index in [1.54, 1.807) is 16.2 Å². The molecule has 1 atom stereocenters. The number of aromatic nitrogens is 1. The van der Waals surface area contributed by atoms with E-state index in [4.69, 9.17) is 10.7 Å². The summed E-state index contributed by atoms with van der Waals surface area (Å²) in [5, 5.41) is 0.929. The minimum atomic E-state index is -0.421. The molecule has 2 aromatic carbocycles. The predicted octanol–water partition coefficient (Wildman–Crippen LogP) is 3.11. The van der Waals surface area contributed by atoms with E-state index >= 15 is 0 Å². The molecule has 5 nitrogen and oxygen atoms in total. The van der Waals surface area contributed by atoms with Crippen molar-refractivity contribution in [1.29, 1.82) is 0 Å². The number of benzene rings is 2. The van der Waals surface area contributed by atoms with Crippen molar-refractivity contribution in [2.45, 2.75) is 13.3 Å². The number of primary amides is 1. The van der Waals surface area contributed by atoms with Gasteiger partial charge in [0.2, 0.25) is 11.8 Å². The first kappa shape index (κ1) is 15.8. The number of nitrogens with zero attached hydrogens (tertiary/aromatic N) is 2. The number of anilines is 1. The van der Waals surface area contributed by atoms with Crippen molar-refractivity contribution in [1.82, 2.24) is 4.98 Å². The van der Waals surface area contributed by atoms with Crippen LogP contribution in [0.4, 0.5) is 5.69 Å². The Labute approximate surface area is 149 Å². The van der Waals surface area contributed by atoms with Crippen LogP contribution in [0.25, 0.3) is 20.8 Å². The standard InChI is InChI=1S/C19H17N3O2S/c1-11-13(19-21-14-6-2-3-8-16(14)25-19)5-4-7-15(11)22-10-12(18(20)24)9-17(22)23/h2-8,12H,9-10H2,1H3,(H2,20,24). The number of hydrogen-bond acceptors (Lipinski definition) is 4. The number of amides is 2. The molecule has 1 unspecified atom stereocenters. The Balaban J connectivity index is 1.76. The van der Waals surface area contributed by atoms with Gasteiger partial charge in [-0.25, -0.2) is 4.98 Å². The summed E-state index contributed by atoms with van der Waals surface area (Å²) >= 11 is 1.63. The van der Waals surface area contributed by atoms with Gasteiger partial charge in [-0.05, 0) is 30.7 Å². The maximum absolute atomic E-state index is 12.3. The van der Waals surface area contributed by atoms with Crippen LogP contribution in [0.3, 0.4) is 0 Å². The van der Waals surface area contributed by atoms with E-state index in [2.05, 4.69) is 6.07 Å². The first-order chi connectivity index (χ1) is 12.0. The van der Waals surface area contributed by atoms with Crippen molar-refractivity contribution in [3.63, 3.8) is 0 Å². The van der Waals surface area contributed by atoms with Crippen molar-refractivity contribution in [2.75, 3.05) is 11.4 Å². The topological polar surface area (TPSA) is 76.3 Å². The molecule has 0 aliphatic carbocycles. The molecular formula is C19H17N3O2S. The number of rotatable bonds is 3. The third-order valence-electron chi connectivity index (χ3n) is 4.65. The van der Waals surface area contributed by atoms with Crippen LogP contribution in [0.5, 0.6) is 0 Å². The van der Waals surface area contributed by atoms with Crippen LogP contribution in [0, 0.1) is 12.8 Å². The van der Waals surface area contributed by atoms with Gasteiger partial charge < -0.3 is 10.6 Å². The Morgan fingerprint density at radius 2 is 2.04 bits per heavy atom. The normalized spacial score (nSPS) is 17.4. The zero-order chi connectivity index (χ0) is 17.6. The molecule has 2 amide bonds. The molecule has 3 aromatic rings. The van der Waals surface area contributed by atoms with E-state index in [9.17, 15) is 9.59 Å². The van der Waals surface area contributed by atoms with E-state index in [1.165, 1.54) is 0 Å². The summed E-state index contributed by atoms with van der Waals surface area (Å²) < 4.78 is 1.13. The molecule has 0 radical (unpaired) electrons. The van der Waals surface area contributed by atoms with Gasteiger partial charge in [0.25, 0.3) is 0 Å². The zero-order valence-electron chi connectivity index (χ0n) is 13.7. The van der Waals surface area contributed by atoms with Crippen LogP contribution in [-0.2, 0) is 9.59 Å². The van der Waals surface area contributed by atoms with Crippen LogP contribution in [0.1, 0.15) is 12.0 Å². The molecular weight excluding hydrogens is 334 g/mol. The maximum Gasteiger partial charge on any atom is 0.227 e. The largest absolute Gasteiger partial charge is 0.369 e. The van der Waals surface area contributed by atoms with Gasteiger partial charge in [-0.2, -0.15) is 0 Å². The fourth-order valence-corrected chi connectivity index (χ4v) is 4.31. The average molecular weight is 351 g/mol. The van der Waals surface area contributed by atoms with Gasteiger partial charge in [0.05, 0.1) is 16.1 Å². The van der Waals surface area contributed by atoms with Crippen LogP contribution >= 0.6 is 11.3 Å². The number of hydrogen-bond donors (Lipinski definition) is 1. The highest BCUT2D eigenvalue weighted by Gasteiger charge is 2.34. The molecule has 4 rings (SSSR count). The number of carbonyl (C=O) groups is 2. The summed E-state index contributed by atoms with van der Waals surface area (Å²) in [6.07, 6.45) is 0.181. The molecule has 1 aromatic heterocycles. The molecule has 1 saturated heterocycles. The van der Waals surface area contributed by atoms with Gasteiger partial charge in [0.15, 0.2) is 0 Å². The van der Waals surface area contributed by atoms with Gasteiger partial charge in [-0.1, -0.05) is 24.3 Å². The number of fused-ring (bicyclic) bond motifs is 1. The van der Waals surface area contributed by atoms with Crippen molar-refractivity contribution in [3.05, 3.63) is 48.0 Å².